The van der Waals surface area contributed by atoms with E-state index in [2.05, 4.69) is 5.32 Å². The normalized spacial score (nSPS) is 19.1. The number of nitrogens with zero attached hydrogens (tertiary/aromatic N) is 2. The van der Waals surface area contributed by atoms with Crippen LogP contribution in [-0.2, 0) is 20.9 Å². The number of aromatic hydroxyl groups is 1. The van der Waals surface area contributed by atoms with Crippen LogP contribution in [0.1, 0.15) is 21.9 Å². The summed E-state index contributed by atoms with van der Waals surface area (Å²) in [5.41, 5.74) is 2.62. The molecule has 1 aromatic heterocycles. The fraction of sp³-hybridized carbons (Fsp3) is 0.226. The topological polar surface area (TPSA) is 127 Å². The number of carbonyl (C=O) groups excluding carboxylic acids is 3. The lowest BCUT2D eigenvalue weighted by molar-refractivity contribution is -0.122. The van der Waals surface area contributed by atoms with Gasteiger partial charge in [-0.25, -0.2) is 4.90 Å². The maximum atomic E-state index is 14.1. The summed E-state index contributed by atoms with van der Waals surface area (Å²) in [6.07, 6.45) is 0. The number of fused-ring (bicyclic) bond motifs is 2. The third kappa shape index (κ3) is 5.06. The molecule has 2 aliphatic rings. The first-order valence-electron chi connectivity index (χ1n) is 13.4. The number of phenols is 1. The molecular weight excluding hydrogens is 590 g/mol. The van der Waals surface area contributed by atoms with Gasteiger partial charge in [-0.2, -0.15) is 0 Å². The molecule has 0 radical (unpaired) electrons. The maximum Gasteiger partial charge on any atom is 0.308 e. The van der Waals surface area contributed by atoms with E-state index in [1.54, 1.807) is 42.5 Å². The first-order valence-corrected chi connectivity index (χ1v) is 15.0. The number of phenolic OH excluding ortho intramolecular Hbond substituents is 1. The van der Waals surface area contributed by atoms with Crippen molar-refractivity contribution in [2.75, 3.05) is 24.4 Å². The van der Waals surface area contributed by atoms with Crippen LogP contribution in [0.15, 0.2) is 76.6 Å². The number of ether oxygens (including phenoxy) is 2. The second-order valence-electron chi connectivity index (χ2n) is 10.2. The highest BCUT2D eigenvalue weighted by Gasteiger charge is 2.57. The molecule has 0 aliphatic carbocycles. The lowest BCUT2D eigenvalue weighted by Crippen LogP contribution is -2.33. The number of nitrogens with one attached hydrogen (secondary N) is 1. The Kier molecular flexibility index (Phi) is 7.49. The molecule has 4 aromatic rings. The average Bonchev–Trinajstić information content (AvgIpc) is 3.44. The van der Waals surface area contributed by atoms with Gasteiger partial charge in [-0.05, 0) is 61.0 Å². The van der Waals surface area contributed by atoms with Crippen LogP contribution < -0.4 is 24.6 Å². The minimum atomic E-state index is -0.820. The molecule has 3 amide bonds. The van der Waals surface area contributed by atoms with E-state index in [-0.39, 0.29) is 29.0 Å². The third-order valence-corrected chi connectivity index (χ3v) is 10.2. The minimum absolute atomic E-state index is 0.0590. The molecule has 2 N–H and O–H groups in total. The van der Waals surface area contributed by atoms with Crippen LogP contribution in [0.2, 0.25) is 0 Å². The molecule has 2 unspecified atom stereocenters. The van der Waals surface area contributed by atoms with Gasteiger partial charge in [0.05, 0.1) is 30.9 Å². The second-order valence-corrected chi connectivity index (χ2v) is 12.3. The molecule has 0 spiro atoms. The lowest BCUT2D eigenvalue weighted by Gasteiger charge is -2.31. The molecule has 1 fully saturated rings. The summed E-state index contributed by atoms with van der Waals surface area (Å²) < 4.78 is 12.3. The van der Waals surface area contributed by atoms with E-state index in [1.165, 1.54) is 35.8 Å². The molecule has 2 aliphatic heterocycles. The summed E-state index contributed by atoms with van der Waals surface area (Å²) in [7, 11) is 3.04. The highest BCUT2D eigenvalue weighted by atomic mass is 32.2. The molecule has 10 nitrogen and oxygen atoms in total. The number of hydrogen-bond acceptors (Lipinski definition) is 9. The SMILES string of the molecule is COc1ccc([C@H]2c3sc(=O)n(CC(=O)Nc4ccc(O)cc4)c3SC3C(=O)N(c4ccc(C)cc4)C(=O)C32)cc1OC. The van der Waals surface area contributed by atoms with Gasteiger partial charge in [0.15, 0.2) is 11.5 Å². The van der Waals surface area contributed by atoms with Crippen molar-refractivity contribution >= 4 is 52.2 Å². The van der Waals surface area contributed by atoms with E-state index in [1.807, 2.05) is 19.1 Å². The summed E-state index contributed by atoms with van der Waals surface area (Å²) in [5.74, 6) is -1.61. The summed E-state index contributed by atoms with van der Waals surface area (Å²) in [5, 5.41) is 11.9. The number of thiazole rings is 1. The molecule has 12 heteroatoms. The van der Waals surface area contributed by atoms with Crippen molar-refractivity contribution in [2.24, 2.45) is 5.92 Å². The Balaban J connectivity index is 1.43. The molecule has 1 saturated heterocycles. The van der Waals surface area contributed by atoms with Gasteiger partial charge in [-0.1, -0.05) is 46.9 Å². The highest BCUT2D eigenvalue weighted by Crippen LogP contribution is 2.54. The number of benzene rings is 3. The molecule has 0 saturated carbocycles. The number of aryl methyl sites for hydroxylation is 1. The molecule has 220 valence electrons. The Labute approximate surface area is 254 Å². The number of thioether (sulfide) groups is 1. The third-order valence-electron chi connectivity index (χ3n) is 7.56. The predicted molar refractivity (Wildman–Crippen MR) is 164 cm³/mol. The van der Waals surface area contributed by atoms with Crippen LogP contribution in [0, 0.1) is 12.8 Å². The van der Waals surface area contributed by atoms with Gasteiger partial charge in [0.2, 0.25) is 17.7 Å². The first-order chi connectivity index (χ1) is 20.7. The van der Waals surface area contributed by atoms with Crippen LogP contribution in [0.3, 0.4) is 0 Å². The quantitative estimate of drug-likeness (QED) is 0.231. The molecule has 3 atom stereocenters. The highest BCUT2D eigenvalue weighted by molar-refractivity contribution is 8.00. The number of anilines is 2. The van der Waals surface area contributed by atoms with E-state index in [9.17, 15) is 24.3 Å². The average molecular weight is 618 g/mol. The van der Waals surface area contributed by atoms with E-state index in [0.29, 0.717) is 38.3 Å². The molecule has 43 heavy (non-hydrogen) atoms. The van der Waals surface area contributed by atoms with Crippen molar-refractivity contribution in [3.63, 3.8) is 0 Å². The Morgan fingerprint density at radius 2 is 1.63 bits per heavy atom. The van der Waals surface area contributed by atoms with E-state index in [0.717, 1.165) is 28.7 Å². The fourth-order valence-corrected chi connectivity index (χ4v) is 8.27. The zero-order valence-electron chi connectivity index (χ0n) is 23.4. The van der Waals surface area contributed by atoms with Crippen LogP contribution in [0.5, 0.6) is 17.2 Å². The molecule has 0 bridgehead atoms. The van der Waals surface area contributed by atoms with E-state index >= 15 is 0 Å². The van der Waals surface area contributed by atoms with Gasteiger partial charge in [0.25, 0.3) is 0 Å². The van der Waals surface area contributed by atoms with Gasteiger partial charge in [0.1, 0.15) is 17.5 Å². The number of rotatable bonds is 7. The van der Waals surface area contributed by atoms with Crippen LogP contribution >= 0.6 is 23.1 Å². The van der Waals surface area contributed by atoms with Gasteiger partial charge in [-0.15, -0.1) is 0 Å². The maximum absolute atomic E-state index is 14.1. The van der Waals surface area contributed by atoms with Gasteiger partial charge in [0, 0.05) is 16.5 Å². The number of methoxy groups -OCH3 is 2. The summed E-state index contributed by atoms with van der Waals surface area (Å²) in [6, 6.07) is 18.5. The Morgan fingerprint density at radius 1 is 0.930 bits per heavy atom. The Bertz CT molecular complexity index is 1800. The zero-order chi connectivity index (χ0) is 30.4. The Morgan fingerprint density at radius 3 is 2.30 bits per heavy atom. The van der Waals surface area contributed by atoms with Gasteiger partial charge >= 0.3 is 4.87 Å². The Hall–Kier alpha value is -4.55. The number of imide groups is 1. The summed E-state index contributed by atoms with van der Waals surface area (Å²) in [6.45, 7) is 1.63. The monoisotopic (exact) mass is 617 g/mol. The van der Waals surface area contributed by atoms with Crippen molar-refractivity contribution in [3.05, 3.63) is 92.4 Å². The zero-order valence-corrected chi connectivity index (χ0v) is 25.0. The first kappa shape index (κ1) is 28.6. The van der Waals surface area contributed by atoms with Gasteiger partial charge in [-0.3, -0.25) is 23.7 Å². The van der Waals surface area contributed by atoms with Crippen molar-refractivity contribution < 1.29 is 29.0 Å². The van der Waals surface area contributed by atoms with Crippen LogP contribution in [0.25, 0.3) is 0 Å². The van der Waals surface area contributed by atoms with Crippen molar-refractivity contribution in [1.82, 2.24) is 4.57 Å². The summed E-state index contributed by atoms with van der Waals surface area (Å²) >= 11 is 2.11. The molecule has 3 heterocycles. The largest absolute Gasteiger partial charge is 0.508 e. The minimum Gasteiger partial charge on any atom is -0.508 e. The van der Waals surface area contributed by atoms with E-state index < -0.39 is 23.0 Å². The van der Waals surface area contributed by atoms with Crippen LogP contribution in [-0.4, -0.2) is 46.9 Å². The number of aromatic nitrogens is 1. The second kappa shape index (κ2) is 11.3. The lowest BCUT2D eigenvalue weighted by atomic mass is 9.83. The predicted octanol–water partition coefficient (Wildman–Crippen LogP) is 4.38. The number of carbonyl (C=O) groups is 3. The summed E-state index contributed by atoms with van der Waals surface area (Å²) in [4.78, 5) is 55.8. The molecular formula is C31H27N3O7S2. The van der Waals surface area contributed by atoms with E-state index in [4.69, 9.17) is 9.47 Å². The standard InChI is InChI=1S/C31H27N3O7S2/c1-16-4-9-19(10-5-16)34-28(37)25-24(17-6-13-21(40-2)22(14-17)41-3)27-30(42-26(25)29(34)38)33(31(39)43-27)15-23(36)32-18-7-11-20(35)12-8-18/h4-14,24-26,35H,15H2,1-3H3,(H,32,36)/t24-,25?,26?/m1/s1. The van der Waals surface area contributed by atoms with Crippen LogP contribution in [0.4, 0.5) is 11.4 Å². The number of amides is 3. The van der Waals surface area contributed by atoms with Gasteiger partial charge < -0.3 is 19.9 Å². The molecule has 6 rings (SSSR count). The smallest absolute Gasteiger partial charge is 0.308 e. The van der Waals surface area contributed by atoms with Crippen molar-refractivity contribution in [3.8, 4) is 17.2 Å². The fourth-order valence-electron chi connectivity index (χ4n) is 5.50. The number of hydrogen-bond donors (Lipinski definition) is 2. The molecule has 3 aromatic carbocycles. The van der Waals surface area contributed by atoms with Crippen molar-refractivity contribution in [2.45, 2.75) is 29.7 Å². The van der Waals surface area contributed by atoms with Crippen molar-refractivity contribution in [1.29, 1.82) is 0 Å².